The molecule has 0 saturated heterocycles. The van der Waals surface area contributed by atoms with Crippen LogP contribution < -0.4 is 19.9 Å². The average molecular weight is 1420 g/mol. The molecule has 103 heavy (non-hydrogen) atoms. The zero-order chi connectivity index (χ0) is 70.3. The third-order valence-electron chi connectivity index (χ3n) is 17.1. The SMILES string of the molecule is C1=CCCC(c2c3nc(c(-c4ccncc4)c4ccc([n-]4)c(-c4ccncc4)c4nc(c(-c5ccncc5)c5ccc2[n-]5)C=C4)C=C3)=C1.C=C/C=C\C(=C)c1c2nc(c(-c3ccncc3)c3ccc([n-]3)c(-c3ccncc3)c3nc(c(-c4ccncc4)c4ccc1[n-]4)C=C3)C=C2.OO.OO.[O]=[Ti+2].[Ti+2]. The van der Waals surface area contributed by atoms with E-state index in [9.17, 15) is 0 Å². The predicted octanol–water partition coefficient (Wildman–Crippen LogP) is 17.6. The Morgan fingerprint density at radius 3 is 0.874 bits per heavy atom. The van der Waals surface area contributed by atoms with Crippen molar-refractivity contribution in [1.29, 1.82) is 0 Å². The molecule has 0 spiro atoms. The number of aromatic nitrogens is 14. The zero-order valence-corrected chi connectivity index (χ0v) is 58.0. The standard InChI is InChI=1S/2C41H27N7.2H2O2.O.2Ti/c1-2-4-26(5-3-1)38-30-6-8-32(45-30)39(27-14-20-42-21-15-27)34-10-12-36(47-34)41(29-18-24-44-25-19-29)37-13-11-35(48-37)40(28-16-22-43-23-17-28)33-9-7-31(38)46-33;1-3-4-5-26(2)38-30-6-8-32(45-30)39(27-14-20-42-21-15-27)34-10-12-36(47-34)41(29-18-24-44-25-19-29)37-13-11-35(48-37)40(28-16-22-43-23-17-28)33-9-7-31(38)46-33;2*1-2;;;/h1-2,4,6-25H,3,5H2;3-25H,1-2H2;2*1-2H;;;/q2*-2;;;;2*+2/b;5-4-,38-30?,38-31?,39-32?,39-34?,40-33?,40-35?,41-36?,41-37?;;;;;. The molecule has 12 aromatic heterocycles. The summed E-state index contributed by atoms with van der Waals surface area (Å²) in [5.41, 5.74) is 28.1. The normalized spacial score (nSPS) is 12.1. The van der Waals surface area contributed by atoms with Gasteiger partial charge in [-0.2, -0.15) is 0 Å². The van der Waals surface area contributed by atoms with E-state index in [0.29, 0.717) is 0 Å². The number of hydrogen-bond donors (Lipinski definition) is 4. The molecule has 0 unspecified atom stereocenters. The van der Waals surface area contributed by atoms with E-state index in [4.69, 9.17) is 64.2 Å². The molecule has 19 nitrogen and oxygen atoms in total. The number of hydrogen-bond acceptors (Lipinski definition) is 15. The van der Waals surface area contributed by atoms with Crippen LogP contribution in [0.15, 0.2) is 245 Å². The first kappa shape index (κ1) is 70.7. The summed E-state index contributed by atoms with van der Waals surface area (Å²) in [7, 11) is 0. The fourth-order valence-electron chi connectivity index (χ4n) is 12.8. The van der Waals surface area contributed by atoms with Crippen LogP contribution in [0.4, 0.5) is 0 Å². The van der Waals surface area contributed by atoms with Crippen LogP contribution in [0.2, 0.25) is 0 Å². The minimum Gasteiger partial charge on any atom is 2.00 e. The monoisotopic (exact) mass is 1410 g/mol. The zero-order valence-electron chi connectivity index (χ0n) is 54.8. The molecule has 0 saturated carbocycles. The minimum absolute atomic E-state index is 0. The van der Waals surface area contributed by atoms with Crippen molar-refractivity contribution in [3.05, 3.63) is 302 Å². The van der Waals surface area contributed by atoms with E-state index in [1.807, 2.05) is 158 Å². The molecule has 0 amide bonds. The second-order valence-electron chi connectivity index (χ2n) is 22.9. The van der Waals surface area contributed by atoms with E-state index in [1.165, 1.54) is 5.57 Å². The van der Waals surface area contributed by atoms with E-state index in [0.717, 1.165) is 206 Å². The molecule has 0 fully saturated rings. The summed E-state index contributed by atoms with van der Waals surface area (Å²) in [6.07, 6.45) is 51.9. The summed E-state index contributed by atoms with van der Waals surface area (Å²) in [6.45, 7) is 8.26. The summed E-state index contributed by atoms with van der Waals surface area (Å²) in [4.78, 5) is 67.7. The summed E-state index contributed by atoms with van der Waals surface area (Å²) < 4.78 is 8.25. The van der Waals surface area contributed by atoms with Crippen molar-refractivity contribution in [2.45, 2.75) is 12.8 Å². The van der Waals surface area contributed by atoms with Gasteiger partial charge < -0.3 is 19.9 Å². The van der Waals surface area contributed by atoms with E-state index < -0.39 is 0 Å². The van der Waals surface area contributed by atoms with Crippen molar-refractivity contribution in [3.63, 3.8) is 0 Å². The smallest absolute Gasteiger partial charge is 2.00 e. The van der Waals surface area contributed by atoms with Gasteiger partial charge in [-0.25, -0.2) is 19.9 Å². The quantitative estimate of drug-likeness (QED) is 0.0428. The van der Waals surface area contributed by atoms with E-state index >= 15 is 0 Å². The van der Waals surface area contributed by atoms with E-state index in [2.05, 4.69) is 110 Å². The molecule has 0 aromatic carbocycles. The van der Waals surface area contributed by atoms with Crippen molar-refractivity contribution >= 4 is 104 Å². The minimum atomic E-state index is 0. The van der Waals surface area contributed by atoms with Gasteiger partial charge in [-0.15, -0.1) is 44.1 Å². The fraction of sp³-hybridized carbons (Fsp3) is 0.0244. The number of pyridine rings is 6. The number of rotatable bonds is 10. The van der Waals surface area contributed by atoms with Crippen LogP contribution in [-0.2, 0) is 45.4 Å². The Balaban J connectivity index is 0.000000180. The van der Waals surface area contributed by atoms with Gasteiger partial charge in [0.1, 0.15) is 0 Å². The molecule has 17 rings (SSSR count). The average Bonchev–Trinajstić information content (AvgIpc) is 1.63. The summed E-state index contributed by atoms with van der Waals surface area (Å²) in [5.74, 6) is 0. The van der Waals surface area contributed by atoms with Crippen LogP contribution in [0, 0.1) is 0 Å². The van der Waals surface area contributed by atoms with Gasteiger partial charge >= 0.3 is 45.4 Å². The molecule has 4 N–H and O–H groups in total. The Hall–Kier alpha value is -12.1. The molecular weight excluding hydrogens is 1360 g/mol. The van der Waals surface area contributed by atoms with Crippen molar-refractivity contribution < 1.29 is 66.5 Å². The maximum atomic E-state index is 8.25. The van der Waals surface area contributed by atoms with Crippen molar-refractivity contribution in [2.24, 2.45) is 0 Å². The summed E-state index contributed by atoms with van der Waals surface area (Å²) >= 11 is 0.750. The molecule has 5 aliphatic rings. The van der Waals surface area contributed by atoms with E-state index in [1.54, 1.807) is 55.7 Å². The molecule has 16 heterocycles. The van der Waals surface area contributed by atoms with Crippen LogP contribution in [0.1, 0.15) is 69.5 Å². The predicted molar refractivity (Wildman–Crippen MR) is 399 cm³/mol. The Morgan fingerprint density at radius 1 is 0.359 bits per heavy atom. The van der Waals surface area contributed by atoms with Crippen LogP contribution in [0.5, 0.6) is 0 Å². The second-order valence-corrected chi connectivity index (χ2v) is 22.9. The summed E-state index contributed by atoms with van der Waals surface area (Å²) in [5, 5.41) is 24.0. The van der Waals surface area contributed by atoms with Gasteiger partial charge in [0.15, 0.2) is 0 Å². The Labute approximate surface area is 617 Å². The largest absolute Gasteiger partial charge is 2.00 e. The molecule has 4 aliphatic heterocycles. The molecule has 12 aromatic rings. The molecule has 494 valence electrons. The Morgan fingerprint density at radius 2 is 0.602 bits per heavy atom. The van der Waals surface area contributed by atoms with Gasteiger partial charge in [-0.1, -0.05) is 98.1 Å². The second kappa shape index (κ2) is 33.4. The molecular formula is C82H58N14O5Ti2. The molecule has 0 radical (unpaired) electrons. The third-order valence-corrected chi connectivity index (χ3v) is 17.1. The Bertz CT molecular complexity index is 5640. The number of nitrogens with zero attached hydrogens (tertiary/aromatic N) is 14. The molecule has 1 aliphatic carbocycles. The van der Waals surface area contributed by atoms with Crippen LogP contribution in [0.25, 0.3) is 171 Å². The number of allylic oxidation sites excluding steroid dienone is 8. The van der Waals surface area contributed by atoms with Gasteiger partial charge in [0, 0.05) is 74.4 Å². The first-order chi connectivity index (χ1) is 50.5. The van der Waals surface area contributed by atoms with Gasteiger partial charge in [-0.05, 0) is 223 Å². The van der Waals surface area contributed by atoms with Crippen LogP contribution >= 0.6 is 0 Å². The van der Waals surface area contributed by atoms with Crippen LogP contribution in [0.3, 0.4) is 0 Å². The van der Waals surface area contributed by atoms with Crippen molar-refractivity contribution in [2.75, 3.05) is 0 Å². The maximum Gasteiger partial charge on any atom is 2.00 e. The van der Waals surface area contributed by atoms with Crippen LogP contribution in [-0.4, -0.2) is 70.9 Å². The topological polar surface area (TPSA) is 283 Å². The first-order valence-corrected chi connectivity index (χ1v) is 32.6. The van der Waals surface area contributed by atoms with Gasteiger partial charge in [0.25, 0.3) is 0 Å². The maximum absolute atomic E-state index is 8.25. The van der Waals surface area contributed by atoms with Gasteiger partial charge in [0.2, 0.25) is 0 Å². The van der Waals surface area contributed by atoms with Gasteiger partial charge in [0.05, 0.1) is 45.6 Å². The third kappa shape index (κ3) is 14.9. The first-order valence-electron chi connectivity index (χ1n) is 32.0. The summed E-state index contributed by atoms with van der Waals surface area (Å²) in [6, 6.07) is 40.4. The van der Waals surface area contributed by atoms with Gasteiger partial charge in [-0.3, -0.25) is 50.9 Å². The van der Waals surface area contributed by atoms with Crippen molar-refractivity contribution in [3.8, 4) is 66.8 Å². The van der Waals surface area contributed by atoms with Crippen molar-refractivity contribution in [1.82, 2.24) is 69.8 Å². The molecule has 0 atom stereocenters. The Kier molecular flexibility index (Phi) is 22.9. The molecule has 16 bridgehead atoms. The fourth-order valence-corrected chi connectivity index (χ4v) is 12.8. The number of fused-ring (bicyclic) bond motifs is 16. The molecule has 21 heteroatoms. The van der Waals surface area contributed by atoms with E-state index in [-0.39, 0.29) is 21.7 Å².